The lowest BCUT2D eigenvalue weighted by molar-refractivity contribution is -0.276. The zero-order chi connectivity index (χ0) is 32.6. The van der Waals surface area contributed by atoms with E-state index in [0.29, 0.717) is 13.1 Å². The van der Waals surface area contributed by atoms with E-state index in [4.69, 9.17) is 9.47 Å². The number of nitrogens with one attached hydrogen (secondary N) is 2. The zero-order valence-corrected chi connectivity index (χ0v) is 26.9. The van der Waals surface area contributed by atoms with Gasteiger partial charge in [-0.05, 0) is 58.8 Å². The molecule has 0 radical (unpaired) electrons. The Bertz CT molecular complexity index is 1580. The van der Waals surface area contributed by atoms with Gasteiger partial charge in [-0.1, -0.05) is 104 Å². The molecule has 6 rings (SSSR count). The molecule has 2 aliphatic heterocycles. The largest absolute Gasteiger partial charge is 0.395 e. The lowest BCUT2D eigenvalue weighted by Crippen LogP contribution is -2.46. The third-order valence-corrected chi connectivity index (χ3v) is 9.44. The number of carbonyl (C=O) groups excluding carboxylic acids is 1. The number of aliphatic hydroxyl groups is 2. The molecule has 8 heteroatoms. The first-order chi connectivity index (χ1) is 23.0. The summed E-state index contributed by atoms with van der Waals surface area (Å²) in [7, 11) is 0. The minimum absolute atomic E-state index is 0.00306. The quantitative estimate of drug-likeness (QED) is 0.159. The molecule has 2 amide bonds. The maximum Gasteiger partial charge on any atom is 0.315 e. The summed E-state index contributed by atoms with van der Waals surface area (Å²) in [4.78, 5) is 14.7. The molecule has 4 N–H and O–H groups in total. The van der Waals surface area contributed by atoms with E-state index < -0.39 is 6.29 Å². The van der Waals surface area contributed by atoms with Crippen molar-refractivity contribution in [1.29, 1.82) is 0 Å². The summed E-state index contributed by atoms with van der Waals surface area (Å²) >= 11 is 0. The molecular formula is C39H45N3O5. The molecule has 0 bridgehead atoms. The van der Waals surface area contributed by atoms with Crippen LogP contribution in [0.3, 0.4) is 0 Å². The number of nitrogens with zero attached hydrogens (tertiary/aromatic N) is 1. The molecule has 0 spiro atoms. The van der Waals surface area contributed by atoms with E-state index in [-0.39, 0.29) is 43.4 Å². The lowest BCUT2D eigenvalue weighted by atomic mass is 9.89. The van der Waals surface area contributed by atoms with Crippen molar-refractivity contribution >= 4 is 6.03 Å². The van der Waals surface area contributed by atoms with Crippen molar-refractivity contribution in [3.63, 3.8) is 0 Å². The van der Waals surface area contributed by atoms with Crippen LogP contribution in [0.2, 0.25) is 0 Å². The predicted molar refractivity (Wildman–Crippen MR) is 182 cm³/mol. The Morgan fingerprint density at radius 2 is 1.49 bits per heavy atom. The van der Waals surface area contributed by atoms with Crippen LogP contribution >= 0.6 is 0 Å². The van der Waals surface area contributed by atoms with Gasteiger partial charge in [-0.3, -0.25) is 4.90 Å². The molecule has 0 aromatic heterocycles. The van der Waals surface area contributed by atoms with E-state index >= 15 is 0 Å². The molecule has 8 nitrogen and oxygen atoms in total. The fraction of sp³-hybridized carbons (Fsp3) is 0.359. The van der Waals surface area contributed by atoms with Crippen molar-refractivity contribution in [2.45, 2.75) is 64.0 Å². The molecule has 246 valence electrons. The first kappa shape index (κ1) is 32.9. The Hall–Kier alpha value is -4.05. The number of urea groups is 1. The van der Waals surface area contributed by atoms with Crippen molar-refractivity contribution in [2.75, 3.05) is 19.7 Å². The number of rotatable bonds is 11. The van der Waals surface area contributed by atoms with Gasteiger partial charge in [-0.15, -0.1) is 0 Å². The molecule has 5 atom stereocenters. The first-order valence-electron chi connectivity index (χ1n) is 16.6. The van der Waals surface area contributed by atoms with Crippen LogP contribution in [0.15, 0.2) is 103 Å². The Balaban J connectivity index is 1.14. The third kappa shape index (κ3) is 8.27. The van der Waals surface area contributed by atoms with Crippen LogP contribution in [0.1, 0.15) is 60.0 Å². The van der Waals surface area contributed by atoms with Gasteiger partial charge in [0.05, 0.1) is 25.4 Å². The molecule has 2 saturated heterocycles. The van der Waals surface area contributed by atoms with Crippen LogP contribution < -0.4 is 10.6 Å². The van der Waals surface area contributed by atoms with E-state index in [1.54, 1.807) is 0 Å². The van der Waals surface area contributed by atoms with Gasteiger partial charge in [0.2, 0.25) is 0 Å². The number of ether oxygens (including phenoxy) is 2. The summed E-state index contributed by atoms with van der Waals surface area (Å²) in [5, 5.41) is 25.4. The van der Waals surface area contributed by atoms with Crippen molar-refractivity contribution < 1.29 is 24.5 Å². The highest BCUT2D eigenvalue weighted by Crippen LogP contribution is 2.42. The molecule has 2 aliphatic rings. The Labute approximate surface area is 277 Å². The fourth-order valence-electron chi connectivity index (χ4n) is 6.62. The van der Waals surface area contributed by atoms with Crippen LogP contribution in [0.4, 0.5) is 4.79 Å². The second-order valence-corrected chi connectivity index (χ2v) is 12.6. The number of benzene rings is 4. The molecule has 5 unspecified atom stereocenters. The lowest BCUT2D eigenvalue weighted by Gasteiger charge is -2.43. The van der Waals surface area contributed by atoms with Crippen LogP contribution in [0.5, 0.6) is 0 Å². The molecule has 2 heterocycles. The highest BCUT2D eigenvalue weighted by molar-refractivity contribution is 5.74. The van der Waals surface area contributed by atoms with Crippen molar-refractivity contribution in [1.82, 2.24) is 15.5 Å². The van der Waals surface area contributed by atoms with Crippen LogP contribution in [-0.4, -0.2) is 53.0 Å². The topological polar surface area (TPSA) is 103 Å². The van der Waals surface area contributed by atoms with Crippen molar-refractivity contribution in [2.24, 2.45) is 5.92 Å². The highest BCUT2D eigenvalue weighted by Gasteiger charge is 2.40. The summed E-state index contributed by atoms with van der Waals surface area (Å²) in [5.41, 5.74) is 7.05. The molecule has 4 aromatic rings. The smallest absolute Gasteiger partial charge is 0.315 e. The average molecular weight is 636 g/mol. The van der Waals surface area contributed by atoms with Gasteiger partial charge in [0.25, 0.3) is 0 Å². The van der Waals surface area contributed by atoms with Crippen LogP contribution in [0, 0.1) is 5.92 Å². The van der Waals surface area contributed by atoms with Gasteiger partial charge < -0.3 is 30.3 Å². The van der Waals surface area contributed by atoms with Gasteiger partial charge in [-0.25, -0.2) is 4.79 Å². The van der Waals surface area contributed by atoms with Crippen molar-refractivity contribution in [3.05, 3.63) is 131 Å². The van der Waals surface area contributed by atoms with Gasteiger partial charge in [0, 0.05) is 37.2 Å². The predicted octanol–water partition coefficient (Wildman–Crippen LogP) is 6.09. The molecule has 2 fully saturated rings. The minimum atomic E-state index is -0.548. The van der Waals surface area contributed by atoms with E-state index in [9.17, 15) is 15.0 Å². The number of hydrogen-bond donors (Lipinski definition) is 4. The van der Waals surface area contributed by atoms with Gasteiger partial charge in [0.15, 0.2) is 6.29 Å². The summed E-state index contributed by atoms with van der Waals surface area (Å²) in [6, 6.07) is 34.2. The van der Waals surface area contributed by atoms with E-state index in [0.717, 1.165) is 64.9 Å². The second-order valence-electron chi connectivity index (χ2n) is 12.6. The van der Waals surface area contributed by atoms with Crippen molar-refractivity contribution in [3.8, 4) is 11.1 Å². The Morgan fingerprint density at radius 3 is 2.21 bits per heavy atom. The Kier molecular flexibility index (Phi) is 11.0. The standard InChI is InChI=1S/C39H45N3O5/c1-27-36(24-42-20-6-11-35(42)26-44)46-38(47-37(27)32-14-12-29(25-43)13-15-32)33-18-16-31(17-19-33)34-10-5-9-30(21-34)23-41-39(45)40-22-28-7-3-2-4-8-28/h2-5,7-10,12-19,21,27,35-38,43-44H,6,11,20,22-26H2,1H3,(H2,40,41,45). The Morgan fingerprint density at radius 1 is 0.787 bits per heavy atom. The highest BCUT2D eigenvalue weighted by atomic mass is 16.7. The summed E-state index contributed by atoms with van der Waals surface area (Å²) in [6.45, 7) is 4.93. The van der Waals surface area contributed by atoms with E-state index in [1.807, 2.05) is 66.7 Å². The number of amides is 2. The summed E-state index contributed by atoms with van der Waals surface area (Å²) < 4.78 is 13.3. The van der Waals surface area contributed by atoms with E-state index in [2.05, 4.69) is 58.9 Å². The fourth-order valence-corrected chi connectivity index (χ4v) is 6.62. The monoisotopic (exact) mass is 635 g/mol. The normalized spacial score (nSPS) is 23.0. The first-order valence-corrected chi connectivity index (χ1v) is 16.6. The maximum absolute atomic E-state index is 12.4. The SMILES string of the molecule is CC1C(CN2CCCC2CO)OC(c2ccc(-c3cccc(CNC(=O)NCc4ccccc4)c3)cc2)OC1c1ccc(CO)cc1. The summed E-state index contributed by atoms with van der Waals surface area (Å²) in [5.74, 6) is 0.0854. The number of likely N-dealkylation sites (tertiary alicyclic amines) is 1. The summed E-state index contributed by atoms with van der Waals surface area (Å²) in [6.07, 6.45) is 1.27. The third-order valence-electron chi connectivity index (χ3n) is 9.44. The van der Waals surface area contributed by atoms with Gasteiger partial charge >= 0.3 is 6.03 Å². The minimum Gasteiger partial charge on any atom is -0.395 e. The number of aliphatic hydroxyl groups excluding tert-OH is 2. The van der Waals surface area contributed by atoms with Gasteiger partial charge in [-0.2, -0.15) is 0 Å². The molecular weight excluding hydrogens is 590 g/mol. The molecule has 0 aliphatic carbocycles. The molecule has 47 heavy (non-hydrogen) atoms. The molecule has 0 saturated carbocycles. The number of carbonyl (C=O) groups is 1. The maximum atomic E-state index is 12.4. The molecule has 4 aromatic carbocycles. The number of hydrogen-bond acceptors (Lipinski definition) is 6. The zero-order valence-electron chi connectivity index (χ0n) is 26.9. The second kappa shape index (κ2) is 15.7. The van der Waals surface area contributed by atoms with Crippen LogP contribution in [0.25, 0.3) is 11.1 Å². The van der Waals surface area contributed by atoms with Crippen LogP contribution in [-0.2, 0) is 29.2 Å². The average Bonchev–Trinajstić information content (AvgIpc) is 3.58. The van der Waals surface area contributed by atoms with Gasteiger partial charge in [0.1, 0.15) is 0 Å². The van der Waals surface area contributed by atoms with E-state index in [1.165, 1.54) is 0 Å².